The molecular weight excluding hydrogens is 174 g/mol. The quantitative estimate of drug-likeness (QED) is 0.705. The summed E-state index contributed by atoms with van der Waals surface area (Å²) in [4.78, 5) is 0. The molecule has 1 aliphatic heterocycles. The van der Waals surface area contributed by atoms with Gasteiger partial charge in [0.25, 0.3) is 0 Å². The standard InChI is InChI=1S/C9H8F2N2/c10-6-1-2-8(11)7(5-6)9-3-4-12-13-9/h1-2,4-5,9,13H,3H2/t9-/m0/s1. The average molecular weight is 182 g/mol. The van der Waals surface area contributed by atoms with Crippen molar-refractivity contribution >= 4 is 6.21 Å². The lowest BCUT2D eigenvalue weighted by atomic mass is 10.1. The van der Waals surface area contributed by atoms with Crippen LogP contribution in [0.1, 0.15) is 18.0 Å². The zero-order valence-electron chi connectivity index (χ0n) is 6.80. The van der Waals surface area contributed by atoms with Crippen LogP contribution < -0.4 is 5.43 Å². The molecule has 0 amide bonds. The predicted octanol–water partition coefficient (Wildman–Crippen LogP) is 1.98. The van der Waals surface area contributed by atoms with Crippen molar-refractivity contribution in [3.05, 3.63) is 35.4 Å². The van der Waals surface area contributed by atoms with Crippen molar-refractivity contribution in [1.82, 2.24) is 5.43 Å². The molecule has 0 saturated heterocycles. The summed E-state index contributed by atoms with van der Waals surface area (Å²) in [6.07, 6.45) is 2.25. The Balaban J connectivity index is 2.33. The van der Waals surface area contributed by atoms with E-state index in [2.05, 4.69) is 10.5 Å². The van der Waals surface area contributed by atoms with Gasteiger partial charge in [-0.3, -0.25) is 0 Å². The smallest absolute Gasteiger partial charge is 0.128 e. The minimum absolute atomic E-state index is 0.226. The van der Waals surface area contributed by atoms with Crippen molar-refractivity contribution in [2.24, 2.45) is 5.10 Å². The van der Waals surface area contributed by atoms with Crippen molar-refractivity contribution in [2.45, 2.75) is 12.5 Å². The predicted molar refractivity (Wildman–Crippen MR) is 45.3 cm³/mol. The number of hydrogen-bond acceptors (Lipinski definition) is 2. The molecule has 0 radical (unpaired) electrons. The third-order valence-corrected chi connectivity index (χ3v) is 2.00. The zero-order valence-corrected chi connectivity index (χ0v) is 6.80. The minimum Gasteiger partial charge on any atom is -0.302 e. The molecule has 1 atom stereocenters. The maximum Gasteiger partial charge on any atom is 0.128 e. The van der Waals surface area contributed by atoms with Crippen molar-refractivity contribution in [3.8, 4) is 0 Å². The van der Waals surface area contributed by atoms with Gasteiger partial charge >= 0.3 is 0 Å². The number of halogens is 2. The first-order chi connectivity index (χ1) is 6.27. The van der Waals surface area contributed by atoms with E-state index < -0.39 is 11.6 Å². The summed E-state index contributed by atoms with van der Waals surface area (Å²) < 4.78 is 25.9. The van der Waals surface area contributed by atoms with Gasteiger partial charge in [-0.2, -0.15) is 5.10 Å². The van der Waals surface area contributed by atoms with Crippen LogP contribution in [0.15, 0.2) is 23.3 Å². The second-order valence-electron chi connectivity index (χ2n) is 2.89. The summed E-state index contributed by atoms with van der Waals surface area (Å²) in [6.45, 7) is 0. The molecule has 1 aromatic rings. The molecule has 0 aromatic heterocycles. The summed E-state index contributed by atoms with van der Waals surface area (Å²) in [6, 6.07) is 3.21. The lowest BCUT2D eigenvalue weighted by Gasteiger charge is -2.10. The molecule has 13 heavy (non-hydrogen) atoms. The first-order valence-electron chi connectivity index (χ1n) is 3.99. The highest BCUT2D eigenvalue weighted by Gasteiger charge is 2.17. The van der Waals surface area contributed by atoms with Gasteiger partial charge in [0, 0.05) is 18.2 Å². The van der Waals surface area contributed by atoms with E-state index in [1.54, 1.807) is 6.21 Å². The van der Waals surface area contributed by atoms with Crippen LogP contribution in [0.25, 0.3) is 0 Å². The Bertz CT molecular complexity index is 341. The van der Waals surface area contributed by atoms with E-state index in [0.29, 0.717) is 12.0 Å². The summed E-state index contributed by atoms with van der Waals surface area (Å²) >= 11 is 0. The second kappa shape index (κ2) is 3.12. The van der Waals surface area contributed by atoms with Crippen LogP contribution in [0.3, 0.4) is 0 Å². The van der Waals surface area contributed by atoms with Crippen molar-refractivity contribution in [2.75, 3.05) is 0 Å². The molecule has 0 aliphatic carbocycles. The Morgan fingerprint density at radius 2 is 2.23 bits per heavy atom. The lowest BCUT2D eigenvalue weighted by Crippen LogP contribution is -2.11. The molecule has 1 aliphatic rings. The molecule has 4 heteroatoms. The highest BCUT2D eigenvalue weighted by atomic mass is 19.1. The third-order valence-electron chi connectivity index (χ3n) is 2.00. The molecule has 0 spiro atoms. The van der Waals surface area contributed by atoms with Crippen molar-refractivity contribution in [1.29, 1.82) is 0 Å². The van der Waals surface area contributed by atoms with E-state index in [-0.39, 0.29) is 6.04 Å². The van der Waals surface area contributed by atoms with Crippen molar-refractivity contribution in [3.63, 3.8) is 0 Å². The van der Waals surface area contributed by atoms with Crippen LogP contribution >= 0.6 is 0 Å². The molecule has 2 rings (SSSR count). The molecule has 1 N–H and O–H groups in total. The average Bonchev–Trinajstić information content (AvgIpc) is 2.61. The summed E-state index contributed by atoms with van der Waals surface area (Å²) in [5, 5.41) is 3.75. The second-order valence-corrected chi connectivity index (χ2v) is 2.89. The van der Waals surface area contributed by atoms with E-state index in [4.69, 9.17) is 0 Å². The molecular formula is C9H8F2N2. The Kier molecular flexibility index (Phi) is 1.96. The number of hydrazone groups is 1. The maximum atomic E-state index is 13.2. The Morgan fingerprint density at radius 1 is 1.38 bits per heavy atom. The number of hydrogen-bond donors (Lipinski definition) is 1. The molecule has 0 bridgehead atoms. The normalized spacial score (nSPS) is 20.3. The van der Waals surface area contributed by atoms with Crippen molar-refractivity contribution < 1.29 is 8.78 Å². The first kappa shape index (κ1) is 8.16. The summed E-state index contributed by atoms with van der Waals surface area (Å²) in [5.41, 5.74) is 3.03. The Labute approximate surface area is 74.3 Å². The van der Waals surface area contributed by atoms with Crippen LogP contribution in [0.2, 0.25) is 0 Å². The fourth-order valence-electron chi connectivity index (χ4n) is 1.33. The van der Waals surface area contributed by atoms with Gasteiger partial charge < -0.3 is 5.43 Å². The maximum absolute atomic E-state index is 13.2. The van der Waals surface area contributed by atoms with Gasteiger partial charge in [0.1, 0.15) is 11.6 Å². The molecule has 0 unspecified atom stereocenters. The van der Waals surface area contributed by atoms with Crippen LogP contribution in [-0.4, -0.2) is 6.21 Å². The summed E-state index contributed by atoms with van der Waals surface area (Å²) in [5.74, 6) is -0.825. The number of rotatable bonds is 1. The molecule has 1 heterocycles. The molecule has 0 fully saturated rings. The minimum atomic E-state index is -0.426. The number of nitrogens with one attached hydrogen (secondary N) is 1. The zero-order chi connectivity index (χ0) is 9.26. The lowest BCUT2D eigenvalue weighted by molar-refractivity contribution is 0.536. The van der Waals surface area contributed by atoms with Crippen LogP contribution in [0, 0.1) is 11.6 Å². The number of nitrogens with zero attached hydrogens (tertiary/aromatic N) is 1. The molecule has 68 valence electrons. The fraction of sp³-hybridized carbons (Fsp3) is 0.222. The van der Waals surface area contributed by atoms with Gasteiger partial charge in [-0.15, -0.1) is 0 Å². The van der Waals surface area contributed by atoms with Gasteiger partial charge in [0.15, 0.2) is 0 Å². The number of benzene rings is 1. The van der Waals surface area contributed by atoms with Gasteiger partial charge in [0.2, 0.25) is 0 Å². The Morgan fingerprint density at radius 3 is 2.92 bits per heavy atom. The highest BCUT2D eigenvalue weighted by molar-refractivity contribution is 5.60. The Hall–Kier alpha value is -1.45. The van der Waals surface area contributed by atoms with E-state index in [9.17, 15) is 8.78 Å². The molecule has 0 saturated carbocycles. The SMILES string of the molecule is Fc1ccc(F)c([C@@H]2CC=NN2)c1. The van der Waals surface area contributed by atoms with Crippen LogP contribution in [0.4, 0.5) is 8.78 Å². The third kappa shape index (κ3) is 1.52. The van der Waals surface area contributed by atoms with E-state index >= 15 is 0 Å². The molecule has 1 aromatic carbocycles. The monoisotopic (exact) mass is 182 g/mol. The first-order valence-corrected chi connectivity index (χ1v) is 3.99. The van der Waals surface area contributed by atoms with E-state index in [1.165, 1.54) is 6.07 Å². The van der Waals surface area contributed by atoms with Gasteiger partial charge in [0.05, 0.1) is 6.04 Å². The highest BCUT2D eigenvalue weighted by Crippen LogP contribution is 2.22. The van der Waals surface area contributed by atoms with E-state index in [1.807, 2.05) is 0 Å². The van der Waals surface area contributed by atoms with Gasteiger partial charge in [-0.05, 0) is 18.2 Å². The fourth-order valence-corrected chi connectivity index (χ4v) is 1.33. The van der Waals surface area contributed by atoms with Crippen LogP contribution in [-0.2, 0) is 0 Å². The summed E-state index contributed by atoms with van der Waals surface area (Å²) in [7, 11) is 0. The largest absolute Gasteiger partial charge is 0.302 e. The molecule has 2 nitrogen and oxygen atoms in total. The van der Waals surface area contributed by atoms with Gasteiger partial charge in [-0.1, -0.05) is 0 Å². The van der Waals surface area contributed by atoms with Crippen LogP contribution in [0.5, 0.6) is 0 Å². The topological polar surface area (TPSA) is 24.4 Å². The van der Waals surface area contributed by atoms with E-state index in [0.717, 1.165) is 12.1 Å². The van der Waals surface area contributed by atoms with Gasteiger partial charge in [-0.25, -0.2) is 8.78 Å².